The number of phosphoric acid groups is 1. The topological polar surface area (TPSA) is 72.8 Å². The molecule has 0 radical (unpaired) electrons. The van der Waals surface area contributed by atoms with Gasteiger partial charge in [-0.3, -0.25) is 13.8 Å². The second-order valence-electron chi connectivity index (χ2n) is 3.69. The van der Waals surface area contributed by atoms with Gasteiger partial charge in [0.25, 0.3) is 0 Å². The van der Waals surface area contributed by atoms with E-state index in [0.717, 1.165) is 32.1 Å². The molecule has 0 fully saturated rings. The van der Waals surface area contributed by atoms with E-state index >= 15 is 0 Å². The third-order valence-electron chi connectivity index (χ3n) is 2.07. The highest BCUT2D eigenvalue weighted by atomic mass is 32.1. The summed E-state index contributed by atoms with van der Waals surface area (Å²) in [6.07, 6.45) is 5.12. The van der Waals surface area contributed by atoms with Gasteiger partial charge < -0.3 is 4.89 Å². The normalized spacial score (nSPS) is 14.5. The molecule has 0 aromatic heterocycles. The summed E-state index contributed by atoms with van der Waals surface area (Å²) in [5.74, 6) is 0. The Morgan fingerprint density at radius 3 is 2.35 bits per heavy atom. The fourth-order valence-corrected chi connectivity index (χ4v) is 2.02. The first-order valence-corrected chi connectivity index (χ1v) is 7.76. The maximum absolute atomic E-state index is 11.3. The van der Waals surface area contributed by atoms with Crippen molar-refractivity contribution in [3.8, 4) is 0 Å². The molecule has 0 rings (SSSR count). The molecule has 0 bridgehead atoms. The Hall–Kier alpha value is 0.130. The van der Waals surface area contributed by atoms with E-state index in [-0.39, 0.29) is 24.7 Å². The molecule has 0 spiro atoms. The van der Waals surface area contributed by atoms with Crippen LogP contribution in [0.15, 0.2) is 0 Å². The first-order valence-electron chi connectivity index (χ1n) is 5.81. The monoisotopic (exact) mass is 284 g/mol. The van der Waals surface area contributed by atoms with Gasteiger partial charge >= 0.3 is 7.82 Å². The number of carbonyl (C=O) groups excluding carboxylic acids is 1. The van der Waals surface area contributed by atoms with Gasteiger partial charge in [-0.05, 0) is 6.42 Å². The molecule has 0 aliphatic heterocycles. The van der Waals surface area contributed by atoms with Crippen molar-refractivity contribution in [3.63, 3.8) is 0 Å². The first-order chi connectivity index (χ1) is 7.98. The van der Waals surface area contributed by atoms with Gasteiger partial charge in [-0.15, -0.1) is 12.6 Å². The van der Waals surface area contributed by atoms with Gasteiger partial charge in [0.05, 0.1) is 13.2 Å². The molecule has 17 heavy (non-hydrogen) atoms. The van der Waals surface area contributed by atoms with Crippen LogP contribution >= 0.6 is 20.5 Å². The number of hydrogen-bond acceptors (Lipinski definition) is 4. The summed E-state index contributed by atoms with van der Waals surface area (Å²) in [4.78, 5) is 19.7. The number of rotatable bonds is 11. The quantitative estimate of drug-likeness (QED) is 0.347. The van der Waals surface area contributed by atoms with Crippen LogP contribution in [0.4, 0.5) is 0 Å². The molecule has 1 N–H and O–H groups in total. The Kier molecular flexibility index (Phi) is 10.2. The third-order valence-corrected chi connectivity index (χ3v) is 3.31. The molecular formula is C10H21O5PS. The van der Waals surface area contributed by atoms with E-state index in [9.17, 15) is 14.3 Å². The average Bonchev–Trinajstić information content (AvgIpc) is 2.22. The highest BCUT2D eigenvalue weighted by Crippen LogP contribution is 2.43. The van der Waals surface area contributed by atoms with Crippen LogP contribution < -0.4 is 0 Å². The van der Waals surface area contributed by atoms with Gasteiger partial charge in [0.1, 0.15) is 0 Å². The predicted octanol–water partition coefficient (Wildman–Crippen LogP) is 2.94. The Morgan fingerprint density at radius 2 is 1.76 bits per heavy atom. The largest absolute Gasteiger partial charge is 0.472 e. The number of carbonyl (C=O) groups is 1. The Balaban J connectivity index is 3.50. The van der Waals surface area contributed by atoms with Crippen molar-refractivity contribution in [2.24, 2.45) is 0 Å². The number of hydrogen-bond donors (Lipinski definition) is 2. The minimum atomic E-state index is -3.99. The van der Waals surface area contributed by atoms with E-state index in [1.807, 2.05) is 0 Å². The number of thiol groups is 1. The van der Waals surface area contributed by atoms with E-state index in [1.54, 1.807) is 0 Å². The average molecular weight is 284 g/mol. The van der Waals surface area contributed by atoms with Crippen molar-refractivity contribution >= 4 is 25.6 Å². The van der Waals surface area contributed by atoms with Crippen molar-refractivity contribution < 1.29 is 23.3 Å². The first kappa shape index (κ1) is 17.1. The van der Waals surface area contributed by atoms with Crippen LogP contribution in [-0.2, 0) is 18.4 Å². The van der Waals surface area contributed by atoms with Crippen molar-refractivity contribution in [2.45, 2.75) is 45.4 Å². The van der Waals surface area contributed by atoms with Crippen molar-refractivity contribution in [1.82, 2.24) is 0 Å². The van der Waals surface area contributed by atoms with E-state index < -0.39 is 7.82 Å². The Bertz CT molecular complexity index is 259. The maximum atomic E-state index is 11.3. The molecule has 102 valence electrons. The standard InChI is InChI=1S/C10H21O5PS/c1-2-3-4-5-6-8-14-16(12,13)15-9-7-10(11)17/h2-9H2,1H3,(H,11,17)(H,12,13). The van der Waals surface area contributed by atoms with Crippen LogP contribution in [0, 0.1) is 0 Å². The summed E-state index contributed by atoms with van der Waals surface area (Å²) >= 11 is 3.51. The molecule has 7 heteroatoms. The summed E-state index contributed by atoms with van der Waals surface area (Å²) < 4.78 is 20.6. The van der Waals surface area contributed by atoms with Gasteiger partial charge in [0.15, 0.2) is 5.12 Å². The molecule has 0 amide bonds. The minimum Gasteiger partial charge on any atom is -0.302 e. The number of unbranched alkanes of at least 4 members (excludes halogenated alkanes) is 4. The maximum Gasteiger partial charge on any atom is 0.472 e. The molecule has 0 heterocycles. The molecule has 0 saturated heterocycles. The van der Waals surface area contributed by atoms with Crippen LogP contribution in [0.5, 0.6) is 0 Å². The van der Waals surface area contributed by atoms with E-state index in [0.29, 0.717) is 0 Å². The van der Waals surface area contributed by atoms with Gasteiger partial charge in [-0.1, -0.05) is 32.6 Å². The fraction of sp³-hybridized carbons (Fsp3) is 0.900. The van der Waals surface area contributed by atoms with Crippen LogP contribution in [0.2, 0.25) is 0 Å². The van der Waals surface area contributed by atoms with E-state index in [2.05, 4.69) is 24.1 Å². The zero-order chi connectivity index (χ0) is 13.1. The predicted molar refractivity (Wildman–Crippen MR) is 69.1 cm³/mol. The summed E-state index contributed by atoms with van der Waals surface area (Å²) in [5, 5.41) is -0.385. The smallest absolute Gasteiger partial charge is 0.302 e. The van der Waals surface area contributed by atoms with Crippen LogP contribution in [0.25, 0.3) is 0 Å². The zero-order valence-electron chi connectivity index (χ0n) is 10.1. The van der Waals surface area contributed by atoms with Crippen LogP contribution in [0.3, 0.4) is 0 Å². The zero-order valence-corrected chi connectivity index (χ0v) is 11.9. The molecule has 0 aromatic rings. The SMILES string of the molecule is CCCCCCCOP(=O)(O)OCCC(=O)S. The minimum absolute atomic E-state index is 0.00643. The summed E-state index contributed by atoms with van der Waals surface area (Å²) in [6.45, 7) is 2.17. The van der Waals surface area contributed by atoms with Gasteiger partial charge in [-0.2, -0.15) is 0 Å². The summed E-state index contributed by atoms with van der Waals surface area (Å²) in [5.41, 5.74) is 0. The van der Waals surface area contributed by atoms with Crippen LogP contribution in [0.1, 0.15) is 45.4 Å². The lowest BCUT2D eigenvalue weighted by Crippen LogP contribution is -2.01. The summed E-state index contributed by atoms with van der Waals surface area (Å²) in [7, 11) is -3.99. The lowest BCUT2D eigenvalue weighted by atomic mass is 10.2. The molecule has 0 aliphatic rings. The van der Waals surface area contributed by atoms with E-state index in [1.165, 1.54) is 0 Å². The second-order valence-corrected chi connectivity index (χ2v) is 5.65. The second kappa shape index (κ2) is 10.1. The molecule has 0 aromatic carbocycles. The molecule has 1 atom stereocenters. The highest BCUT2D eigenvalue weighted by Gasteiger charge is 2.20. The highest BCUT2D eigenvalue weighted by molar-refractivity contribution is 7.96. The van der Waals surface area contributed by atoms with Crippen molar-refractivity contribution in [2.75, 3.05) is 13.2 Å². The van der Waals surface area contributed by atoms with Gasteiger partial charge in [-0.25, -0.2) is 4.57 Å². The molecule has 5 nitrogen and oxygen atoms in total. The lowest BCUT2D eigenvalue weighted by molar-refractivity contribution is -0.111. The van der Waals surface area contributed by atoms with E-state index in [4.69, 9.17) is 4.52 Å². The molecule has 0 saturated carbocycles. The number of phosphoric ester groups is 1. The van der Waals surface area contributed by atoms with Gasteiger partial charge in [0, 0.05) is 6.42 Å². The fourth-order valence-electron chi connectivity index (χ4n) is 1.17. The molecule has 1 unspecified atom stereocenters. The lowest BCUT2D eigenvalue weighted by Gasteiger charge is -2.11. The molecular weight excluding hydrogens is 263 g/mol. The molecule has 0 aliphatic carbocycles. The Morgan fingerprint density at radius 1 is 1.18 bits per heavy atom. The van der Waals surface area contributed by atoms with Crippen molar-refractivity contribution in [3.05, 3.63) is 0 Å². The third kappa shape index (κ3) is 12.4. The van der Waals surface area contributed by atoms with Crippen molar-refractivity contribution in [1.29, 1.82) is 0 Å². The summed E-state index contributed by atoms with van der Waals surface area (Å²) in [6, 6.07) is 0. The van der Waals surface area contributed by atoms with Gasteiger partial charge in [0.2, 0.25) is 0 Å². The Labute approximate surface area is 108 Å². The van der Waals surface area contributed by atoms with Crippen LogP contribution in [-0.4, -0.2) is 23.2 Å².